The SMILES string of the molecule is O=C(CC1S/C(=N/N=Cc2cccs2)NC1=O)Nc1ccc(Cl)cc1Cl. The number of thiophene rings is 1. The minimum Gasteiger partial charge on any atom is -0.325 e. The number of halogens is 2. The molecule has 1 unspecified atom stereocenters. The number of hydrogen-bond donors (Lipinski definition) is 2. The monoisotopic (exact) mass is 426 g/mol. The Morgan fingerprint density at radius 1 is 1.35 bits per heavy atom. The Morgan fingerprint density at radius 2 is 2.19 bits per heavy atom. The fourth-order valence-corrected chi connectivity index (χ4v) is 4.01. The number of thioether (sulfide) groups is 1. The summed E-state index contributed by atoms with van der Waals surface area (Å²) in [7, 11) is 0. The van der Waals surface area contributed by atoms with Crippen molar-refractivity contribution < 1.29 is 9.59 Å². The lowest BCUT2D eigenvalue weighted by Crippen LogP contribution is -2.28. The van der Waals surface area contributed by atoms with Crippen molar-refractivity contribution in [3.8, 4) is 0 Å². The maximum absolute atomic E-state index is 12.2. The first-order valence-corrected chi connectivity index (χ1v) is 9.90. The summed E-state index contributed by atoms with van der Waals surface area (Å²) in [5.41, 5.74) is 0.443. The van der Waals surface area contributed by atoms with Crippen molar-refractivity contribution in [2.75, 3.05) is 5.32 Å². The van der Waals surface area contributed by atoms with E-state index in [9.17, 15) is 9.59 Å². The van der Waals surface area contributed by atoms with Crippen LogP contribution in [0.2, 0.25) is 10.0 Å². The van der Waals surface area contributed by atoms with Gasteiger partial charge >= 0.3 is 0 Å². The van der Waals surface area contributed by atoms with Crippen LogP contribution in [0, 0.1) is 0 Å². The number of carbonyl (C=O) groups is 2. The van der Waals surface area contributed by atoms with Crippen molar-refractivity contribution in [2.24, 2.45) is 10.2 Å². The third-order valence-electron chi connectivity index (χ3n) is 3.23. The first kappa shape index (κ1) is 18.9. The maximum Gasteiger partial charge on any atom is 0.240 e. The molecule has 0 radical (unpaired) electrons. The molecule has 1 aliphatic rings. The zero-order chi connectivity index (χ0) is 18.5. The number of amides is 2. The fraction of sp³-hybridized carbons (Fsp3) is 0.125. The molecule has 1 aliphatic heterocycles. The Bertz CT molecular complexity index is 884. The van der Waals surface area contributed by atoms with Crippen LogP contribution >= 0.6 is 46.3 Å². The van der Waals surface area contributed by atoms with Gasteiger partial charge in [-0.25, -0.2) is 0 Å². The quantitative estimate of drug-likeness (QED) is 0.559. The smallest absolute Gasteiger partial charge is 0.240 e. The Hall–Kier alpha value is -1.87. The molecule has 1 saturated heterocycles. The van der Waals surface area contributed by atoms with E-state index >= 15 is 0 Å². The molecule has 0 bridgehead atoms. The molecule has 10 heteroatoms. The highest BCUT2D eigenvalue weighted by Gasteiger charge is 2.32. The van der Waals surface area contributed by atoms with Gasteiger partial charge in [-0.3, -0.25) is 9.59 Å². The molecule has 1 fully saturated rings. The molecule has 0 aliphatic carbocycles. The van der Waals surface area contributed by atoms with E-state index in [1.165, 1.54) is 29.2 Å². The molecular formula is C16H12Cl2N4O2S2. The first-order chi connectivity index (χ1) is 12.5. The Labute approximate surface area is 167 Å². The fourth-order valence-electron chi connectivity index (χ4n) is 2.05. The van der Waals surface area contributed by atoms with Gasteiger partial charge in [-0.1, -0.05) is 41.0 Å². The van der Waals surface area contributed by atoms with Crippen LogP contribution in [0.25, 0.3) is 0 Å². The van der Waals surface area contributed by atoms with Crippen molar-refractivity contribution >= 4 is 75.2 Å². The minimum absolute atomic E-state index is 0.0108. The zero-order valence-electron chi connectivity index (χ0n) is 13.1. The average Bonchev–Trinajstić information content (AvgIpc) is 3.21. The molecule has 2 aromatic rings. The second-order valence-electron chi connectivity index (χ2n) is 5.14. The van der Waals surface area contributed by atoms with Gasteiger partial charge in [0, 0.05) is 16.3 Å². The van der Waals surface area contributed by atoms with Crippen molar-refractivity contribution in [1.29, 1.82) is 0 Å². The van der Waals surface area contributed by atoms with Gasteiger partial charge in [0.25, 0.3) is 0 Å². The molecule has 26 heavy (non-hydrogen) atoms. The topological polar surface area (TPSA) is 82.9 Å². The highest BCUT2D eigenvalue weighted by atomic mass is 35.5. The van der Waals surface area contributed by atoms with Crippen LogP contribution in [0.1, 0.15) is 11.3 Å². The summed E-state index contributed by atoms with van der Waals surface area (Å²) in [6, 6.07) is 8.58. The number of carbonyl (C=O) groups excluding carboxylic acids is 2. The van der Waals surface area contributed by atoms with E-state index in [0.717, 1.165) is 4.88 Å². The Morgan fingerprint density at radius 3 is 2.92 bits per heavy atom. The summed E-state index contributed by atoms with van der Waals surface area (Å²) in [6.07, 6.45) is 1.59. The molecule has 1 atom stereocenters. The molecule has 134 valence electrons. The standard InChI is InChI=1S/C16H12Cl2N4O2S2/c17-9-3-4-12(11(18)6-9)20-14(23)7-13-15(24)21-16(26-13)22-19-8-10-2-1-5-25-10/h1-6,8,13H,7H2,(H,20,23)(H,21,22,24). The highest BCUT2D eigenvalue weighted by molar-refractivity contribution is 8.15. The van der Waals surface area contributed by atoms with E-state index in [-0.39, 0.29) is 18.2 Å². The zero-order valence-corrected chi connectivity index (χ0v) is 16.3. The summed E-state index contributed by atoms with van der Waals surface area (Å²) in [5.74, 6) is -0.609. The second kappa shape index (κ2) is 8.68. The van der Waals surface area contributed by atoms with Crippen LogP contribution < -0.4 is 10.6 Å². The molecule has 1 aromatic heterocycles. The number of amidine groups is 1. The highest BCUT2D eigenvalue weighted by Crippen LogP contribution is 2.27. The van der Waals surface area contributed by atoms with E-state index in [1.54, 1.807) is 18.3 Å². The maximum atomic E-state index is 12.2. The van der Waals surface area contributed by atoms with Gasteiger partial charge in [0.1, 0.15) is 5.25 Å². The van der Waals surface area contributed by atoms with Crippen molar-refractivity contribution in [3.63, 3.8) is 0 Å². The molecule has 2 amide bonds. The summed E-state index contributed by atoms with van der Waals surface area (Å²) < 4.78 is 0. The van der Waals surface area contributed by atoms with Gasteiger partial charge in [-0.2, -0.15) is 5.10 Å². The lowest BCUT2D eigenvalue weighted by atomic mass is 10.2. The molecule has 3 rings (SSSR count). The van der Waals surface area contributed by atoms with E-state index < -0.39 is 5.25 Å². The number of rotatable bonds is 5. The minimum atomic E-state index is -0.572. The molecule has 6 nitrogen and oxygen atoms in total. The summed E-state index contributed by atoms with van der Waals surface area (Å²) in [5, 5.41) is 15.7. The summed E-state index contributed by atoms with van der Waals surface area (Å²) >= 11 is 14.5. The predicted molar refractivity (Wildman–Crippen MR) is 109 cm³/mol. The van der Waals surface area contributed by atoms with Gasteiger partial charge < -0.3 is 10.6 Å². The molecule has 1 aromatic carbocycles. The van der Waals surface area contributed by atoms with Crippen LogP contribution in [0.5, 0.6) is 0 Å². The molecule has 0 spiro atoms. The van der Waals surface area contributed by atoms with E-state index in [1.807, 2.05) is 17.5 Å². The van der Waals surface area contributed by atoms with Gasteiger partial charge in [-0.05, 0) is 29.6 Å². The Kier molecular flexibility index (Phi) is 6.31. The third kappa shape index (κ3) is 5.07. The number of benzene rings is 1. The number of hydrogen-bond acceptors (Lipinski definition) is 6. The van der Waals surface area contributed by atoms with Gasteiger partial charge in [0.05, 0.1) is 16.9 Å². The van der Waals surface area contributed by atoms with Crippen molar-refractivity contribution in [3.05, 3.63) is 50.6 Å². The van der Waals surface area contributed by atoms with Crippen LogP contribution in [0.3, 0.4) is 0 Å². The van der Waals surface area contributed by atoms with E-state index in [2.05, 4.69) is 20.8 Å². The van der Waals surface area contributed by atoms with Crippen molar-refractivity contribution in [2.45, 2.75) is 11.7 Å². The average molecular weight is 427 g/mol. The summed E-state index contributed by atoms with van der Waals surface area (Å²) in [4.78, 5) is 25.1. The lowest BCUT2D eigenvalue weighted by Gasteiger charge is -2.09. The van der Waals surface area contributed by atoms with Crippen LogP contribution in [0.4, 0.5) is 5.69 Å². The van der Waals surface area contributed by atoms with Crippen LogP contribution in [-0.4, -0.2) is 28.4 Å². The third-order valence-corrected chi connectivity index (χ3v) is 5.66. The second-order valence-corrected chi connectivity index (χ2v) is 8.15. The van der Waals surface area contributed by atoms with E-state index in [0.29, 0.717) is 20.9 Å². The normalized spacial score (nSPS) is 18.5. The molecular weight excluding hydrogens is 415 g/mol. The van der Waals surface area contributed by atoms with Gasteiger partial charge in [0.2, 0.25) is 11.8 Å². The largest absolute Gasteiger partial charge is 0.325 e. The van der Waals surface area contributed by atoms with E-state index in [4.69, 9.17) is 23.2 Å². The predicted octanol–water partition coefficient (Wildman–Crippen LogP) is 4.01. The van der Waals surface area contributed by atoms with Gasteiger partial charge in [-0.15, -0.1) is 16.4 Å². The first-order valence-electron chi connectivity index (χ1n) is 7.38. The number of nitrogens with one attached hydrogen (secondary N) is 2. The number of anilines is 1. The van der Waals surface area contributed by atoms with Crippen molar-refractivity contribution in [1.82, 2.24) is 5.32 Å². The Balaban J connectivity index is 1.56. The lowest BCUT2D eigenvalue weighted by molar-refractivity contribution is -0.122. The van der Waals surface area contributed by atoms with Crippen LogP contribution in [0.15, 0.2) is 45.9 Å². The molecule has 2 heterocycles. The number of nitrogens with zero attached hydrogens (tertiary/aromatic N) is 2. The van der Waals surface area contributed by atoms with Crippen LogP contribution in [-0.2, 0) is 9.59 Å². The molecule has 0 saturated carbocycles. The molecule has 2 N–H and O–H groups in total. The summed E-state index contributed by atoms with van der Waals surface area (Å²) in [6.45, 7) is 0. The van der Waals surface area contributed by atoms with Gasteiger partial charge in [0.15, 0.2) is 5.17 Å².